The Balaban J connectivity index is 1.59. The summed E-state index contributed by atoms with van der Waals surface area (Å²) >= 11 is 0. The van der Waals surface area contributed by atoms with Gasteiger partial charge in [0.1, 0.15) is 17.1 Å². The summed E-state index contributed by atoms with van der Waals surface area (Å²) in [4.78, 5) is 14.0. The van der Waals surface area contributed by atoms with Crippen LogP contribution < -0.4 is 0 Å². The van der Waals surface area contributed by atoms with Gasteiger partial charge in [-0.15, -0.1) is 5.10 Å². The average molecular weight is 360 g/mol. The monoisotopic (exact) mass is 360 g/mol. The van der Waals surface area contributed by atoms with Crippen molar-refractivity contribution in [2.75, 3.05) is 13.1 Å². The standard InChI is InChI=1S/C18H21FN4O3/c1-18(2,3)26-17(24)22-8-13-15(9-22)25-10-14-16(20-21-23(13)14)11-6-4-5-7-12(11)19/h4-7,13,15H,8-10H2,1-3H3/t13-,15-/m1/s1. The molecular formula is C18H21FN4O3. The van der Waals surface area contributed by atoms with E-state index in [-0.39, 0.29) is 30.7 Å². The molecular weight excluding hydrogens is 339 g/mol. The highest BCUT2D eigenvalue weighted by molar-refractivity contribution is 5.69. The third-order valence-corrected chi connectivity index (χ3v) is 4.56. The number of likely N-dealkylation sites (tertiary alicyclic amines) is 1. The highest BCUT2D eigenvalue weighted by Crippen LogP contribution is 2.35. The van der Waals surface area contributed by atoms with E-state index in [9.17, 15) is 9.18 Å². The van der Waals surface area contributed by atoms with Crippen molar-refractivity contribution in [1.29, 1.82) is 0 Å². The zero-order chi connectivity index (χ0) is 18.5. The third-order valence-electron chi connectivity index (χ3n) is 4.56. The molecule has 0 saturated carbocycles. The van der Waals surface area contributed by atoms with Gasteiger partial charge in [0, 0.05) is 12.1 Å². The maximum absolute atomic E-state index is 14.1. The van der Waals surface area contributed by atoms with Gasteiger partial charge in [0.25, 0.3) is 0 Å². The van der Waals surface area contributed by atoms with E-state index in [0.29, 0.717) is 24.3 Å². The van der Waals surface area contributed by atoms with Crippen molar-refractivity contribution in [1.82, 2.24) is 19.9 Å². The Labute approximate surface area is 150 Å². The summed E-state index contributed by atoms with van der Waals surface area (Å²) in [5.74, 6) is -0.347. The largest absolute Gasteiger partial charge is 0.444 e. The second kappa shape index (κ2) is 6.05. The lowest BCUT2D eigenvalue weighted by atomic mass is 10.1. The fourth-order valence-electron chi connectivity index (χ4n) is 3.39. The molecule has 0 radical (unpaired) electrons. The zero-order valence-electron chi connectivity index (χ0n) is 15.0. The van der Waals surface area contributed by atoms with Crippen LogP contribution in [0.3, 0.4) is 0 Å². The van der Waals surface area contributed by atoms with E-state index < -0.39 is 5.60 Å². The van der Waals surface area contributed by atoms with Crippen molar-refractivity contribution < 1.29 is 18.7 Å². The number of carbonyl (C=O) groups is 1. The van der Waals surface area contributed by atoms with Gasteiger partial charge in [-0.1, -0.05) is 17.3 Å². The van der Waals surface area contributed by atoms with Crippen LogP contribution in [0.15, 0.2) is 24.3 Å². The molecule has 138 valence electrons. The molecule has 7 nitrogen and oxygen atoms in total. The Hall–Kier alpha value is -2.48. The van der Waals surface area contributed by atoms with Gasteiger partial charge >= 0.3 is 6.09 Å². The Morgan fingerprint density at radius 3 is 2.81 bits per heavy atom. The van der Waals surface area contributed by atoms with Crippen LogP contribution in [-0.4, -0.2) is 50.8 Å². The Morgan fingerprint density at radius 2 is 2.08 bits per heavy atom. The van der Waals surface area contributed by atoms with E-state index in [1.54, 1.807) is 27.8 Å². The van der Waals surface area contributed by atoms with Crippen molar-refractivity contribution >= 4 is 6.09 Å². The molecule has 2 aliphatic heterocycles. The van der Waals surface area contributed by atoms with Crippen LogP contribution in [0.1, 0.15) is 32.5 Å². The first kappa shape index (κ1) is 17.0. The summed E-state index contributed by atoms with van der Waals surface area (Å²) < 4.78 is 27.3. The van der Waals surface area contributed by atoms with Crippen LogP contribution in [0.25, 0.3) is 11.3 Å². The van der Waals surface area contributed by atoms with Gasteiger partial charge in [-0.3, -0.25) is 0 Å². The number of ether oxygens (including phenoxy) is 2. The Morgan fingerprint density at radius 1 is 1.31 bits per heavy atom. The molecule has 0 N–H and O–H groups in total. The van der Waals surface area contributed by atoms with Gasteiger partial charge in [0.2, 0.25) is 0 Å². The number of benzene rings is 1. The van der Waals surface area contributed by atoms with E-state index in [2.05, 4.69) is 10.3 Å². The lowest BCUT2D eigenvalue weighted by Gasteiger charge is -2.26. The minimum atomic E-state index is -0.553. The van der Waals surface area contributed by atoms with Crippen LogP contribution >= 0.6 is 0 Å². The van der Waals surface area contributed by atoms with Gasteiger partial charge in [-0.05, 0) is 32.9 Å². The first-order valence-electron chi connectivity index (χ1n) is 8.62. The molecule has 4 rings (SSSR count). The number of aromatic nitrogens is 3. The van der Waals surface area contributed by atoms with Crippen molar-refractivity contribution in [2.45, 2.75) is 45.1 Å². The number of rotatable bonds is 1. The van der Waals surface area contributed by atoms with E-state index in [1.807, 2.05) is 20.8 Å². The van der Waals surface area contributed by atoms with Gasteiger partial charge in [0.05, 0.1) is 31.0 Å². The zero-order valence-corrected chi connectivity index (χ0v) is 15.0. The predicted octanol–water partition coefficient (Wildman–Crippen LogP) is 2.77. The molecule has 2 aliphatic rings. The number of carbonyl (C=O) groups excluding carboxylic acids is 1. The molecule has 0 aliphatic carbocycles. The summed E-state index contributed by atoms with van der Waals surface area (Å²) in [5.41, 5.74) is 1.06. The topological polar surface area (TPSA) is 69.5 Å². The molecule has 2 aromatic rings. The second-order valence-electron chi connectivity index (χ2n) is 7.61. The molecule has 1 aromatic heterocycles. The summed E-state index contributed by atoms with van der Waals surface area (Å²) in [6, 6.07) is 6.31. The maximum atomic E-state index is 14.1. The molecule has 8 heteroatoms. The number of nitrogens with zero attached hydrogens (tertiary/aromatic N) is 4. The molecule has 1 saturated heterocycles. The molecule has 3 heterocycles. The third kappa shape index (κ3) is 2.94. The molecule has 1 aromatic carbocycles. The van der Waals surface area contributed by atoms with Crippen molar-refractivity contribution in [3.8, 4) is 11.3 Å². The Bertz CT molecular complexity index is 845. The van der Waals surface area contributed by atoms with Gasteiger partial charge in [0.15, 0.2) is 0 Å². The lowest BCUT2D eigenvalue weighted by molar-refractivity contribution is -0.00718. The van der Waals surface area contributed by atoms with E-state index in [1.165, 1.54) is 6.07 Å². The first-order valence-corrected chi connectivity index (χ1v) is 8.62. The molecule has 0 unspecified atom stereocenters. The van der Waals surface area contributed by atoms with E-state index in [4.69, 9.17) is 9.47 Å². The van der Waals surface area contributed by atoms with Crippen LogP contribution in [0.4, 0.5) is 9.18 Å². The molecule has 0 spiro atoms. The van der Waals surface area contributed by atoms with Gasteiger partial charge in [-0.25, -0.2) is 13.9 Å². The molecule has 1 fully saturated rings. The van der Waals surface area contributed by atoms with Crippen LogP contribution in [0.5, 0.6) is 0 Å². The number of halogens is 1. The van der Waals surface area contributed by atoms with Crippen molar-refractivity contribution in [2.24, 2.45) is 0 Å². The van der Waals surface area contributed by atoms with E-state index >= 15 is 0 Å². The first-order chi connectivity index (χ1) is 12.3. The molecule has 2 atom stereocenters. The summed E-state index contributed by atoms with van der Waals surface area (Å²) in [6.45, 7) is 6.64. The van der Waals surface area contributed by atoms with Crippen molar-refractivity contribution in [3.05, 3.63) is 35.8 Å². The molecule has 0 bridgehead atoms. The number of amides is 1. The van der Waals surface area contributed by atoms with Crippen LogP contribution in [0, 0.1) is 5.82 Å². The fourth-order valence-corrected chi connectivity index (χ4v) is 3.39. The average Bonchev–Trinajstić information content (AvgIpc) is 3.17. The molecule has 26 heavy (non-hydrogen) atoms. The van der Waals surface area contributed by atoms with Crippen molar-refractivity contribution in [3.63, 3.8) is 0 Å². The van der Waals surface area contributed by atoms with Gasteiger partial charge in [-0.2, -0.15) is 0 Å². The number of hydrogen-bond donors (Lipinski definition) is 0. The predicted molar refractivity (Wildman–Crippen MR) is 90.8 cm³/mol. The summed E-state index contributed by atoms with van der Waals surface area (Å²) in [7, 11) is 0. The highest BCUT2D eigenvalue weighted by atomic mass is 19.1. The normalized spacial score (nSPS) is 22.1. The SMILES string of the molecule is CC(C)(C)OC(=O)N1C[C@@H]2[C@@H](C1)OCc1c(-c3ccccc3F)nnn12. The quantitative estimate of drug-likeness (QED) is 0.782. The minimum absolute atomic E-state index is 0.153. The summed E-state index contributed by atoms with van der Waals surface area (Å²) in [5, 5.41) is 8.40. The minimum Gasteiger partial charge on any atom is -0.444 e. The van der Waals surface area contributed by atoms with Crippen LogP contribution in [0.2, 0.25) is 0 Å². The smallest absolute Gasteiger partial charge is 0.410 e. The molecule has 1 amide bonds. The Kier molecular flexibility index (Phi) is 3.95. The lowest BCUT2D eigenvalue weighted by Crippen LogP contribution is -2.36. The van der Waals surface area contributed by atoms with Crippen LogP contribution in [-0.2, 0) is 16.1 Å². The van der Waals surface area contributed by atoms with E-state index in [0.717, 1.165) is 5.69 Å². The fraction of sp³-hybridized carbons (Fsp3) is 0.500. The highest BCUT2D eigenvalue weighted by Gasteiger charge is 2.43. The van der Waals surface area contributed by atoms with Gasteiger partial charge < -0.3 is 14.4 Å². The number of fused-ring (bicyclic) bond motifs is 3. The second-order valence-corrected chi connectivity index (χ2v) is 7.61. The number of hydrogen-bond acceptors (Lipinski definition) is 5. The maximum Gasteiger partial charge on any atom is 0.410 e. The summed E-state index contributed by atoms with van der Waals surface area (Å²) in [6.07, 6.45) is -0.545.